The van der Waals surface area contributed by atoms with Gasteiger partial charge in [0.05, 0.1) is 12.3 Å². The summed E-state index contributed by atoms with van der Waals surface area (Å²) < 4.78 is 6.55. The van der Waals surface area contributed by atoms with E-state index >= 15 is 0 Å². The van der Waals surface area contributed by atoms with Gasteiger partial charge in [0.25, 0.3) is 0 Å². The zero-order valence-electron chi connectivity index (χ0n) is 33.2. The molecule has 10 aromatic rings. The number of aromatic nitrogens is 1. The van der Waals surface area contributed by atoms with Crippen LogP contribution in [0.1, 0.15) is 28.7 Å². The topological polar surface area (TPSA) is 28.3 Å². The minimum Gasteiger partial charge on any atom is -0.494 e. The summed E-state index contributed by atoms with van der Waals surface area (Å²) in [6, 6.07) is 74.9. The number of H-pyrrole nitrogens is 1. The van der Waals surface area contributed by atoms with Crippen LogP contribution in [0.5, 0.6) is 5.75 Å². The summed E-state index contributed by atoms with van der Waals surface area (Å²) in [5, 5.41) is 4.88. The van der Waals surface area contributed by atoms with Crippen molar-refractivity contribution in [2.24, 2.45) is 0 Å². The fourth-order valence-corrected chi connectivity index (χ4v) is 9.63. The zero-order valence-corrected chi connectivity index (χ0v) is 33.2. The molecule has 1 aliphatic carbocycles. The predicted octanol–water partition coefficient (Wildman–Crippen LogP) is 15.0. The lowest BCUT2D eigenvalue weighted by atomic mass is 9.70. The lowest BCUT2D eigenvalue weighted by molar-refractivity contribution is 0.288. The van der Waals surface area contributed by atoms with E-state index in [0.717, 1.165) is 45.8 Å². The van der Waals surface area contributed by atoms with Gasteiger partial charge < -0.3 is 14.6 Å². The number of fused-ring (bicyclic) bond motifs is 7. The molecule has 9 aromatic carbocycles. The third-order valence-corrected chi connectivity index (χ3v) is 12.5. The number of nitrogens with one attached hydrogen (secondary N) is 1. The number of benzene rings is 9. The third kappa shape index (κ3) is 5.89. The van der Waals surface area contributed by atoms with Crippen molar-refractivity contribution in [1.29, 1.82) is 0 Å². The van der Waals surface area contributed by atoms with Gasteiger partial charge in [0.1, 0.15) is 5.75 Å². The minimum atomic E-state index is -0.445. The van der Waals surface area contributed by atoms with Crippen LogP contribution in [0, 0.1) is 0 Å². The molecule has 3 nitrogen and oxygen atoms in total. The van der Waals surface area contributed by atoms with Crippen molar-refractivity contribution in [3.05, 3.63) is 235 Å². The highest BCUT2D eigenvalue weighted by atomic mass is 16.5. The Kier molecular flexibility index (Phi) is 8.67. The maximum absolute atomic E-state index is 6.55. The average molecular weight is 771 g/mol. The fraction of sp³-hybridized carbons (Fsp3) is 0.0526. The van der Waals surface area contributed by atoms with Gasteiger partial charge in [-0.15, -0.1) is 0 Å². The molecule has 1 atom stereocenters. The standard InChI is InChI=1S/C57H42N2O/c1-2-39-23-31-46(32-24-39)60-36-35-57(43-15-4-3-5-16-43)52-20-10-8-18-48(52)49-33-30-45(38-53(49)57)59(56-22-12-14-41-13-6-7-17-47(41)56)44-28-25-40(26-29-44)42-27-34-55-51(37-42)50-19-9-11-21-54(50)58-55/h2-34,37-38,58H,1,35-36H2/t57-/m1/s1. The summed E-state index contributed by atoms with van der Waals surface area (Å²) in [6.07, 6.45) is 2.62. The molecule has 0 radical (unpaired) electrons. The number of rotatable bonds is 10. The van der Waals surface area contributed by atoms with Crippen LogP contribution >= 0.6 is 0 Å². The van der Waals surface area contributed by atoms with Crippen molar-refractivity contribution in [1.82, 2.24) is 4.98 Å². The van der Waals surface area contributed by atoms with Crippen molar-refractivity contribution < 1.29 is 4.74 Å². The second kappa shape index (κ2) is 14.6. The summed E-state index contributed by atoms with van der Waals surface area (Å²) in [5.74, 6) is 0.857. The Labute approximate surface area is 350 Å². The number of nitrogens with zero attached hydrogens (tertiary/aromatic N) is 1. The number of aromatic amines is 1. The first-order chi connectivity index (χ1) is 29.7. The molecule has 0 bridgehead atoms. The molecule has 60 heavy (non-hydrogen) atoms. The molecular weight excluding hydrogens is 729 g/mol. The lowest BCUT2D eigenvalue weighted by Gasteiger charge is -2.34. The molecule has 0 unspecified atom stereocenters. The van der Waals surface area contributed by atoms with Gasteiger partial charge in [0.15, 0.2) is 0 Å². The van der Waals surface area contributed by atoms with Gasteiger partial charge in [0.2, 0.25) is 0 Å². The Morgan fingerprint density at radius 1 is 0.517 bits per heavy atom. The Balaban J connectivity index is 1.06. The molecule has 286 valence electrons. The maximum atomic E-state index is 6.55. The van der Waals surface area contributed by atoms with Crippen LogP contribution < -0.4 is 9.64 Å². The van der Waals surface area contributed by atoms with Crippen LogP contribution in [0.25, 0.3) is 60.9 Å². The van der Waals surface area contributed by atoms with Crippen LogP contribution in [-0.4, -0.2) is 11.6 Å². The second-order valence-corrected chi connectivity index (χ2v) is 15.7. The highest BCUT2D eigenvalue weighted by molar-refractivity contribution is 6.08. The highest BCUT2D eigenvalue weighted by Gasteiger charge is 2.45. The Hall–Kier alpha value is -7.62. The molecule has 1 aliphatic rings. The number of ether oxygens (including phenoxy) is 1. The monoisotopic (exact) mass is 770 g/mol. The van der Waals surface area contributed by atoms with E-state index in [9.17, 15) is 0 Å². The van der Waals surface area contributed by atoms with E-state index < -0.39 is 5.41 Å². The quantitative estimate of drug-likeness (QED) is 0.150. The molecule has 1 aromatic heterocycles. The number of anilines is 3. The number of hydrogen-bond acceptors (Lipinski definition) is 2. The molecule has 0 amide bonds. The second-order valence-electron chi connectivity index (χ2n) is 15.7. The first-order valence-electron chi connectivity index (χ1n) is 20.7. The van der Waals surface area contributed by atoms with Crippen molar-refractivity contribution >= 4 is 55.7 Å². The van der Waals surface area contributed by atoms with E-state index in [2.05, 4.69) is 211 Å². The summed E-state index contributed by atoms with van der Waals surface area (Å²) in [5.41, 5.74) is 15.0. The summed E-state index contributed by atoms with van der Waals surface area (Å²) in [6.45, 7) is 4.46. The van der Waals surface area contributed by atoms with Crippen LogP contribution in [0.3, 0.4) is 0 Å². The van der Waals surface area contributed by atoms with Gasteiger partial charge in [-0.2, -0.15) is 0 Å². The SMILES string of the molecule is C=Cc1ccc(OCC[C@@]2(c3ccccc3)c3ccccc3-c3ccc(N(c4ccc(-c5ccc6[nH]c7ccccc7c6c5)cc4)c4cccc5ccccc45)cc32)cc1. The van der Waals surface area contributed by atoms with E-state index in [4.69, 9.17) is 4.74 Å². The summed E-state index contributed by atoms with van der Waals surface area (Å²) >= 11 is 0. The number of hydrogen-bond donors (Lipinski definition) is 1. The zero-order chi connectivity index (χ0) is 40.0. The first kappa shape index (κ1) is 35.5. The minimum absolute atomic E-state index is 0.445. The molecule has 0 saturated carbocycles. The fourth-order valence-electron chi connectivity index (χ4n) is 9.63. The Morgan fingerprint density at radius 2 is 1.20 bits per heavy atom. The van der Waals surface area contributed by atoms with Gasteiger partial charge in [-0.25, -0.2) is 0 Å². The first-order valence-corrected chi connectivity index (χ1v) is 20.7. The molecule has 1 heterocycles. The van der Waals surface area contributed by atoms with Crippen LogP contribution in [-0.2, 0) is 5.41 Å². The van der Waals surface area contributed by atoms with Crippen molar-refractivity contribution in [3.63, 3.8) is 0 Å². The largest absolute Gasteiger partial charge is 0.494 e. The van der Waals surface area contributed by atoms with Crippen LogP contribution in [0.4, 0.5) is 17.1 Å². The van der Waals surface area contributed by atoms with Gasteiger partial charge in [0, 0.05) is 44.0 Å². The normalized spacial score (nSPS) is 14.3. The van der Waals surface area contributed by atoms with Crippen molar-refractivity contribution in [2.45, 2.75) is 11.8 Å². The highest BCUT2D eigenvalue weighted by Crippen LogP contribution is 2.56. The smallest absolute Gasteiger partial charge is 0.119 e. The van der Waals surface area contributed by atoms with E-state index in [-0.39, 0.29) is 0 Å². The van der Waals surface area contributed by atoms with Crippen molar-refractivity contribution in [3.8, 4) is 28.0 Å². The van der Waals surface area contributed by atoms with E-state index in [1.54, 1.807) is 0 Å². The predicted molar refractivity (Wildman–Crippen MR) is 252 cm³/mol. The van der Waals surface area contributed by atoms with Crippen LogP contribution in [0.15, 0.2) is 213 Å². The summed E-state index contributed by atoms with van der Waals surface area (Å²) in [7, 11) is 0. The van der Waals surface area contributed by atoms with Gasteiger partial charge in [-0.3, -0.25) is 0 Å². The van der Waals surface area contributed by atoms with Gasteiger partial charge >= 0.3 is 0 Å². The van der Waals surface area contributed by atoms with E-state index in [1.165, 1.54) is 60.5 Å². The van der Waals surface area contributed by atoms with Gasteiger partial charge in [-0.1, -0.05) is 158 Å². The molecule has 0 spiro atoms. The van der Waals surface area contributed by atoms with Crippen LogP contribution in [0.2, 0.25) is 0 Å². The molecule has 3 heteroatoms. The maximum Gasteiger partial charge on any atom is 0.119 e. The third-order valence-electron chi connectivity index (χ3n) is 12.5. The number of para-hydroxylation sites is 1. The molecule has 11 rings (SSSR count). The van der Waals surface area contributed by atoms with E-state index in [0.29, 0.717) is 6.61 Å². The molecular formula is C57H42N2O. The van der Waals surface area contributed by atoms with E-state index in [1.807, 2.05) is 18.2 Å². The molecule has 1 N–H and O–H groups in total. The van der Waals surface area contributed by atoms with Gasteiger partial charge in [-0.05, 0) is 117 Å². The Morgan fingerprint density at radius 3 is 2.05 bits per heavy atom. The molecule has 0 aliphatic heterocycles. The lowest BCUT2D eigenvalue weighted by Crippen LogP contribution is -2.29. The Bertz CT molecular complexity index is 3190. The molecule has 0 fully saturated rings. The molecule has 0 saturated heterocycles. The van der Waals surface area contributed by atoms with Crippen molar-refractivity contribution in [2.75, 3.05) is 11.5 Å². The average Bonchev–Trinajstić information content (AvgIpc) is 3.83. The summed E-state index contributed by atoms with van der Waals surface area (Å²) in [4.78, 5) is 6.01.